The Morgan fingerprint density at radius 3 is 2.48 bits per heavy atom. The van der Waals surface area contributed by atoms with E-state index in [1.807, 2.05) is 18.2 Å². The van der Waals surface area contributed by atoms with Crippen molar-refractivity contribution >= 4 is 27.5 Å². The normalized spacial score (nSPS) is 11.1. The average Bonchev–Trinajstić information content (AvgIpc) is 2.62. The number of hydrogen-bond donors (Lipinski definition) is 0. The highest BCUT2D eigenvalue weighted by Crippen LogP contribution is 2.35. The SMILES string of the molecule is CCCCCCCC(=O)Oc1c2ccccc2cc2ccc(C)cc12. The molecule has 0 aliphatic carbocycles. The largest absolute Gasteiger partial charge is 0.425 e. The van der Waals surface area contributed by atoms with Crippen LogP contribution in [0.15, 0.2) is 48.5 Å². The Balaban J connectivity index is 1.87. The molecule has 3 aromatic carbocycles. The summed E-state index contributed by atoms with van der Waals surface area (Å²) in [6, 6.07) is 16.6. The lowest BCUT2D eigenvalue weighted by Crippen LogP contribution is -2.08. The number of hydrogen-bond acceptors (Lipinski definition) is 2. The van der Waals surface area contributed by atoms with Gasteiger partial charge in [-0.2, -0.15) is 0 Å². The molecule has 0 spiro atoms. The third-order valence-electron chi connectivity index (χ3n) is 4.67. The number of unbranched alkanes of at least 4 members (excludes halogenated alkanes) is 4. The zero-order chi connectivity index (χ0) is 17.6. The number of aryl methyl sites for hydroxylation is 1. The molecule has 0 aromatic heterocycles. The number of ether oxygens (including phenoxy) is 1. The highest BCUT2D eigenvalue weighted by Gasteiger charge is 2.13. The van der Waals surface area contributed by atoms with E-state index in [-0.39, 0.29) is 5.97 Å². The topological polar surface area (TPSA) is 26.3 Å². The fourth-order valence-electron chi connectivity index (χ4n) is 3.28. The summed E-state index contributed by atoms with van der Waals surface area (Å²) >= 11 is 0. The van der Waals surface area contributed by atoms with E-state index >= 15 is 0 Å². The van der Waals surface area contributed by atoms with Crippen molar-refractivity contribution in [1.29, 1.82) is 0 Å². The van der Waals surface area contributed by atoms with Crippen LogP contribution in [0.25, 0.3) is 21.5 Å². The summed E-state index contributed by atoms with van der Waals surface area (Å²) in [4.78, 5) is 12.4. The van der Waals surface area contributed by atoms with Crippen LogP contribution >= 0.6 is 0 Å². The molecular formula is C23H26O2. The van der Waals surface area contributed by atoms with Gasteiger partial charge in [-0.3, -0.25) is 4.79 Å². The van der Waals surface area contributed by atoms with E-state index in [1.54, 1.807) is 0 Å². The molecule has 0 fully saturated rings. The maximum Gasteiger partial charge on any atom is 0.311 e. The lowest BCUT2D eigenvalue weighted by atomic mass is 10.0. The van der Waals surface area contributed by atoms with E-state index in [4.69, 9.17) is 4.74 Å². The Labute approximate surface area is 149 Å². The van der Waals surface area contributed by atoms with Gasteiger partial charge in [0.1, 0.15) is 5.75 Å². The summed E-state index contributed by atoms with van der Waals surface area (Å²) < 4.78 is 5.86. The summed E-state index contributed by atoms with van der Waals surface area (Å²) in [7, 11) is 0. The van der Waals surface area contributed by atoms with Gasteiger partial charge in [0.05, 0.1) is 0 Å². The van der Waals surface area contributed by atoms with Crippen molar-refractivity contribution in [3.63, 3.8) is 0 Å². The van der Waals surface area contributed by atoms with Gasteiger partial charge < -0.3 is 4.74 Å². The van der Waals surface area contributed by atoms with Crippen molar-refractivity contribution in [2.75, 3.05) is 0 Å². The first-order valence-electron chi connectivity index (χ1n) is 9.32. The van der Waals surface area contributed by atoms with E-state index < -0.39 is 0 Å². The molecule has 3 rings (SSSR count). The van der Waals surface area contributed by atoms with Gasteiger partial charge in [-0.1, -0.05) is 74.6 Å². The summed E-state index contributed by atoms with van der Waals surface area (Å²) in [6.07, 6.45) is 6.13. The minimum atomic E-state index is -0.129. The Bertz CT molecular complexity index is 880. The van der Waals surface area contributed by atoms with Crippen LogP contribution in [-0.2, 0) is 4.79 Å². The lowest BCUT2D eigenvalue weighted by molar-refractivity contribution is -0.134. The molecular weight excluding hydrogens is 308 g/mol. The summed E-state index contributed by atoms with van der Waals surface area (Å²) in [5.74, 6) is 0.575. The first-order valence-corrected chi connectivity index (χ1v) is 9.32. The molecule has 0 heterocycles. The maximum absolute atomic E-state index is 12.4. The van der Waals surface area contributed by atoms with Gasteiger partial charge >= 0.3 is 5.97 Å². The zero-order valence-corrected chi connectivity index (χ0v) is 15.2. The lowest BCUT2D eigenvalue weighted by Gasteiger charge is -2.12. The number of rotatable bonds is 7. The first kappa shape index (κ1) is 17.5. The van der Waals surface area contributed by atoms with Crippen LogP contribution in [0, 0.1) is 6.92 Å². The molecule has 3 aromatic rings. The molecule has 2 nitrogen and oxygen atoms in total. The van der Waals surface area contributed by atoms with Crippen LogP contribution in [0.3, 0.4) is 0 Å². The predicted octanol–water partition coefficient (Wildman–Crippen LogP) is 6.57. The Hall–Kier alpha value is -2.35. The summed E-state index contributed by atoms with van der Waals surface area (Å²) in [6.45, 7) is 4.26. The van der Waals surface area contributed by atoms with E-state index in [9.17, 15) is 4.79 Å². The third-order valence-corrected chi connectivity index (χ3v) is 4.67. The van der Waals surface area contributed by atoms with Crippen molar-refractivity contribution in [3.05, 3.63) is 54.1 Å². The second-order valence-electron chi connectivity index (χ2n) is 6.79. The third kappa shape index (κ3) is 4.19. The number of benzene rings is 3. The standard InChI is InChI=1S/C23H26O2/c1-3-4-5-6-7-12-22(24)25-23-20-11-9-8-10-18(20)16-19-14-13-17(2)15-21(19)23/h8-11,13-16H,3-7,12H2,1-2H3. The quantitative estimate of drug-likeness (QED) is 0.211. The van der Waals surface area contributed by atoms with Crippen molar-refractivity contribution in [2.45, 2.75) is 52.4 Å². The van der Waals surface area contributed by atoms with Crippen LogP contribution in [0.4, 0.5) is 0 Å². The predicted molar refractivity (Wildman–Crippen MR) is 105 cm³/mol. The van der Waals surface area contributed by atoms with Crippen LogP contribution in [0.5, 0.6) is 5.75 Å². The molecule has 0 saturated carbocycles. The minimum absolute atomic E-state index is 0.129. The van der Waals surface area contributed by atoms with E-state index in [2.05, 4.69) is 44.2 Å². The molecule has 0 atom stereocenters. The number of carbonyl (C=O) groups is 1. The van der Waals surface area contributed by atoms with E-state index in [0.717, 1.165) is 34.4 Å². The van der Waals surface area contributed by atoms with Gasteiger partial charge in [-0.05, 0) is 36.2 Å². The monoisotopic (exact) mass is 334 g/mol. The second kappa shape index (κ2) is 8.15. The van der Waals surface area contributed by atoms with Gasteiger partial charge in [-0.15, -0.1) is 0 Å². The maximum atomic E-state index is 12.4. The zero-order valence-electron chi connectivity index (χ0n) is 15.2. The molecule has 0 amide bonds. The molecule has 0 unspecified atom stereocenters. The molecule has 0 aliphatic heterocycles. The molecule has 0 saturated heterocycles. The fourth-order valence-corrected chi connectivity index (χ4v) is 3.28. The Morgan fingerprint density at radius 1 is 0.880 bits per heavy atom. The number of fused-ring (bicyclic) bond motifs is 2. The van der Waals surface area contributed by atoms with Gasteiger partial charge in [0.2, 0.25) is 0 Å². The smallest absolute Gasteiger partial charge is 0.311 e. The van der Waals surface area contributed by atoms with Gasteiger partial charge in [0.15, 0.2) is 0 Å². The van der Waals surface area contributed by atoms with Crippen molar-refractivity contribution in [3.8, 4) is 5.75 Å². The molecule has 25 heavy (non-hydrogen) atoms. The fraction of sp³-hybridized carbons (Fsp3) is 0.348. The van der Waals surface area contributed by atoms with Crippen LogP contribution in [-0.4, -0.2) is 5.97 Å². The van der Waals surface area contributed by atoms with Crippen LogP contribution in [0.1, 0.15) is 51.0 Å². The highest BCUT2D eigenvalue weighted by molar-refractivity contribution is 6.06. The molecule has 130 valence electrons. The van der Waals surface area contributed by atoms with Crippen molar-refractivity contribution in [2.24, 2.45) is 0 Å². The number of carbonyl (C=O) groups excluding carboxylic acids is 1. The second-order valence-corrected chi connectivity index (χ2v) is 6.79. The highest BCUT2D eigenvalue weighted by atomic mass is 16.5. The minimum Gasteiger partial charge on any atom is -0.425 e. The average molecular weight is 334 g/mol. The van der Waals surface area contributed by atoms with Crippen molar-refractivity contribution < 1.29 is 9.53 Å². The Kier molecular flexibility index (Phi) is 5.70. The van der Waals surface area contributed by atoms with Gasteiger partial charge in [0, 0.05) is 17.2 Å². The van der Waals surface area contributed by atoms with Gasteiger partial charge in [-0.25, -0.2) is 0 Å². The van der Waals surface area contributed by atoms with E-state index in [1.165, 1.54) is 24.8 Å². The molecule has 0 aliphatic rings. The molecule has 2 heteroatoms. The Morgan fingerprint density at radius 2 is 1.64 bits per heavy atom. The summed E-state index contributed by atoms with van der Waals surface area (Å²) in [5.41, 5.74) is 1.17. The van der Waals surface area contributed by atoms with E-state index in [0.29, 0.717) is 12.2 Å². The van der Waals surface area contributed by atoms with Crippen LogP contribution in [0.2, 0.25) is 0 Å². The summed E-state index contributed by atoms with van der Waals surface area (Å²) in [5, 5.41) is 4.22. The number of esters is 1. The van der Waals surface area contributed by atoms with Crippen molar-refractivity contribution in [1.82, 2.24) is 0 Å². The van der Waals surface area contributed by atoms with Gasteiger partial charge in [0.25, 0.3) is 0 Å². The first-order chi connectivity index (χ1) is 12.2. The molecule has 0 bridgehead atoms. The van der Waals surface area contributed by atoms with Crippen LogP contribution < -0.4 is 4.74 Å². The molecule has 0 N–H and O–H groups in total. The molecule has 0 radical (unpaired) electrons.